The number of hydrogen-bond donors (Lipinski definition) is 0. The number of sulfone groups is 1. The van der Waals surface area contributed by atoms with E-state index < -0.39 is 26.7 Å². The van der Waals surface area contributed by atoms with Crippen LogP contribution in [0.3, 0.4) is 0 Å². The van der Waals surface area contributed by atoms with Gasteiger partial charge in [-0.15, -0.1) is 11.3 Å². The predicted octanol–water partition coefficient (Wildman–Crippen LogP) is 4.54. The molecule has 30 heavy (non-hydrogen) atoms. The highest BCUT2D eigenvalue weighted by molar-refractivity contribution is 7.92. The number of anilines is 1. The summed E-state index contributed by atoms with van der Waals surface area (Å²) in [6, 6.07) is 9.76. The van der Waals surface area contributed by atoms with Crippen molar-refractivity contribution in [2.24, 2.45) is 0 Å². The number of halogens is 2. The second-order valence-electron chi connectivity index (χ2n) is 7.08. The second kappa shape index (κ2) is 8.31. The highest BCUT2D eigenvalue weighted by Gasteiger charge is 2.32. The van der Waals surface area contributed by atoms with Crippen LogP contribution in [-0.4, -0.2) is 38.9 Å². The second-order valence-corrected chi connectivity index (χ2v) is 10.1. The number of rotatable bonds is 5. The molecule has 2 aromatic carbocycles. The van der Waals surface area contributed by atoms with Crippen LogP contribution in [0.1, 0.15) is 12.8 Å². The molecule has 0 atom stereocenters. The van der Waals surface area contributed by atoms with Crippen molar-refractivity contribution in [3.8, 4) is 17.0 Å². The zero-order chi connectivity index (χ0) is 21.3. The summed E-state index contributed by atoms with van der Waals surface area (Å²) < 4.78 is 57.9. The van der Waals surface area contributed by atoms with Crippen LogP contribution in [0.5, 0.6) is 5.75 Å². The summed E-state index contributed by atoms with van der Waals surface area (Å²) in [5.74, 6) is -0.685. The van der Waals surface area contributed by atoms with Crippen molar-refractivity contribution < 1.29 is 21.9 Å². The highest BCUT2D eigenvalue weighted by atomic mass is 32.2. The third-order valence-electron chi connectivity index (χ3n) is 5.19. The summed E-state index contributed by atoms with van der Waals surface area (Å²) in [5.41, 5.74) is 0.883. The molecular formula is C21H20F2N2O3S2. The van der Waals surface area contributed by atoms with Crippen LogP contribution >= 0.6 is 11.3 Å². The first-order valence-electron chi connectivity index (χ1n) is 9.42. The zero-order valence-corrected chi connectivity index (χ0v) is 17.8. The molecule has 5 nitrogen and oxygen atoms in total. The van der Waals surface area contributed by atoms with Crippen molar-refractivity contribution >= 4 is 26.3 Å². The molecule has 0 N–H and O–H groups in total. The van der Waals surface area contributed by atoms with Crippen LogP contribution in [0.2, 0.25) is 0 Å². The van der Waals surface area contributed by atoms with Gasteiger partial charge in [0.2, 0.25) is 0 Å². The van der Waals surface area contributed by atoms with Gasteiger partial charge in [0.1, 0.15) is 17.4 Å². The molecule has 0 saturated carbocycles. The Kier molecular flexibility index (Phi) is 5.75. The van der Waals surface area contributed by atoms with E-state index in [2.05, 4.69) is 4.98 Å². The van der Waals surface area contributed by atoms with Crippen LogP contribution in [0.15, 0.2) is 52.7 Å². The maximum absolute atomic E-state index is 13.5. The molecule has 3 aromatic rings. The molecule has 158 valence electrons. The van der Waals surface area contributed by atoms with E-state index in [-0.39, 0.29) is 0 Å². The lowest BCUT2D eigenvalue weighted by Crippen LogP contribution is -2.39. The largest absolute Gasteiger partial charge is 0.497 e. The minimum atomic E-state index is -3.42. The number of hydrogen-bond acceptors (Lipinski definition) is 6. The van der Waals surface area contributed by atoms with Crippen molar-refractivity contribution in [3.63, 3.8) is 0 Å². The van der Waals surface area contributed by atoms with E-state index in [9.17, 15) is 17.2 Å². The summed E-state index contributed by atoms with van der Waals surface area (Å²) in [6.45, 7) is 1.09. The van der Waals surface area contributed by atoms with E-state index in [0.717, 1.165) is 11.2 Å². The summed E-state index contributed by atoms with van der Waals surface area (Å²) in [6.07, 6.45) is 0.968. The zero-order valence-electron chi connectivity index (χ0n) is 16.2. The fraction of sp³-hybridized carbons (Fsp3) is 0.286. The lowest BCUT2D eigenvalue weighted by molar-refractivity contribution is 0.414. The minimum Gasteiger partial charge on any atom is -0.497 e. The Hall–Kier alpha value is -2.52. The number of nitrogens with zero attached hydrogens (tertiary/aromatic N) is 2. The molecule has 1 aliphatic rings. The van der Waals surface area contributed by atoms with Crippen LogP contribution in [0, 0.1) is 11.6 Å². The topological polar surface area (TPSA) is 59.5 Å². The number of ether oxygens (including phenoxy) is 1. The average molecular weight is 451 g/mol. The third-order valence-corrected chi connectivity index (χ3v) is 8.37. The molecule has 0 radical (unpaired) electrons. The third kappa shape index (κ3) is 4.17. The van der Waals surface area contributed by atoms with E-state index in [1.807, 2.05) is 4.90 Å². The highest BCUT2D eigenvalue weighted by Crippen LogP contribution is 2.32. The molecule has 1 fully saturated rings. The number of benzene rings is 2. The number of thiazole rings is 1. The fourth-order valence-electron chi connectivity index (χ4n) is 3.56. The van der Waals surface area contributed by atoms with E-state index in [4.69, 9.17) is 4.74 Å². The molecule has 2 heterocycles. The van der Waals surface area contributed by atoms with E-state index in [1.165, 1.54) is 30.6 Å². The number of aromatic nitrogens is 1. The van der Waals surface area contributed by atoms with Crippen LogP contribution in [0.25, 0.3) is 11.3 Å². The molecule has 9 heteroatoms. The maximum atomic E-state index is 13.5. The lowest BCUT2D eigenvalue weighted by Gasteiger charge is -2.31. The van der Waals surface area contributed by atoms with Gasteiger partial charge in [-0.2, -0.15) is 0 Å². The summed E-state index contributed by atoms with van der Waals surface area (Å²) in [5, 5.41) is 2.01. The molecule has 1 saturated heterocycles. The van der Waals surface area contributed by atoms with Crippen molar-refractivity contribution in [1.82, 2.24) is 4.98 Å². The van der Waals surface area contributed by atoms with Gasteiger partial charge in [-0.3, -0.25) is 0 Å². The molecular weight excluding hydrogens is 430 g/mol. The number of piperidine rings is 1. The Labute approximate surface area is 177 Å². The Morgan fingerprint density at radius 2 is 1.70 bits per heavy atom. The molecule has 1 aliphatic heterocycles. The maximum Gasteiger partial charge on any atom is 0.185 e. The Balaban J connectivity index is 1.45. The molecule has 0 spiro atoms. The summed E-state index contributed by atoms with van der Waals surface area (Å²) in [7, 11) is -1.89. The van der Waals surface area contributed by atoms with Crippen LogP contribution in [0.4, 0.5) is 13.9 Å². The van der Waals surface area contributed by atoms with E-state index in [1.54, 1.807) is 29.6 Å². The fourth-order valence-corrected chi connectivity index (χ4v) is 6.18. The van der Waals surface area contributed by atoms with Crippen molar-refractivity contribution in [2.45, 2.75) is 23.0 Å². The van der Waals surface area contributed by atoms with Crippen molar-refractivity contribution in [1.29, 1.82) is 0 Å². The van der Waals surface area contributed by atoms with Crippen molar-refractivity contribution in [3.05, 3.63) is 59.5 Å². The standard InChI is InChI=1S/C21H20F2N2O3S2/c1-28-17-2-4-18(5-3-17)30(26,27)19-6-8-25(9-7-19)21-24-20(13-29-21)14-10-15(22)12-16(23)11-14/h2-5,10-13,19H,6-9H2,1H3. The van der Waals surface area contributed by atoms with Gasteiger partial charge < -0.3 is 9.64 Å². The van der Waals surface area contributed by atoms with E-state index in [0.29, 0.717) is 47.8 Å². The molecule has 0 amide bonds. The van der Waals surface area contributed by atoms with Crippen molar-refractivity contribution in [2.75, 3.05) is 25.1 Å². The van der Waals surface area contributed by atoms with Gasteiger partial charge in [0, 0.05) is 30.1 Å². The number of methoxy groups -OCH3 is 1. The first-order chi connectivity index (χ1) is 14.4. The minimum absolute atomic E-state index is 0.298. The van der Waals surface area contributed by atoms with Gasteiger partial charge in [0.25, 0.3) is 0 Å². The normalized spacial score (nSPS) is 15.4. The quantitative estimate of drug-likeness (QED) is 0.571. The van der Waals surface area contributed by atoms with Gasteiger partial charge in [0.05, 0.1) is 22.9 Å². The molecule has 0 unspecified atom stereocenters. The monoisotopic (exact) mass is 450 g/mol. The smallest absolute Gasteiger partial charge is 0.185 e. The molecule has 4 rings (SSSR count). The van der Waals surface area contributed by atoms with Crippen LogP contribution in [-0.2, 0) is 9.84 Å². The van der Waals surface area contributed by atoms with Gasteiger partial charge >= 0.3 is 0 Å². The Morgan fingerprint density at radius 3 is 2.30 bits per heavy atom. The molecule has 1 aromatic heterocycles. The van der Waals surface area contributed by atoms with Gasteiger partial charge in [-0.05, 0) is 49.2 Å². The Bertz CT molecular complexity index is 1120. The van der Waals surface area contributed by atoms with Gasteiger partial charge in [-0.1, -0.05) is 0 Å². The first-order valence-corrected chi connectivity index (χ1v) is 11.8. The van der Waals surface area contributed by atoms with E-state index >= 15 is 0 Å². The SMILES string of the molecule is COc1ccc(S(=O)(=O)C2CCN(c3nc(-c4cc(F)cc(F)c4)cs3)CC2)cc1. The summed E-state index contributed by atoms with van der Waals surface area (Å²) in [4.78, 5) is 6.81. The molecule has 0 aliphatic carbocycles. The van der Waals surface area contributed by atoms with Gasteiger partial charge in [0.15, 0.2) is 15.0 Å². The average Bonchev–Trinajstić information content (AvgIpc) is 3.23. The van der Waals surface area contributed by atoms with Gasteiger partial charge in [-0.25, -0.2) is 22.2 Å². The first kappa shape index (κ1) is 20.7. The summed E-state index contributed by atoms with van der Waals surface area (Å²) >= 11 is 1.38. The predicted molar refractivity (Wildman–Crippen MR) is 113 cm³/mol. The van der Waals surface area contributed by atoms with Crippen LogP contribution < -0.4 is 9.64 Å². The Morgan fingerprint density at radius 1 is 1.07 bits per heavy atom. The molecule has 0 bridgehead atoms. The lowest BCUT2D eigenvalue weighted by atomic mass is 10.1.